The molecule has 2 fully saturated rings. The topological polar surface area (TPSA) is 54.0 Å². The number of nitrogens with zero attached hydrogens (tertiary/aromatic N) is 2. The van der Waals surface area contributed by atoms with Gasteiger partial charge in [-0.25, -0.2) is 4.79 Å². The third kappa shape index (κ3) is 5.04. The summed E-state index contributed by atoms with van der Waals surface area (Å²) in [6.45, 7) is 4.31. The van der Waals surface area contributed by atoms with E-state index in [-0.39, 0.29) is 29.5 Å². The molecule has 2 saturated heterocycles. The van der Waals surface area contributed by atoms with Gasteiger partial charge in [-0.3, -0.25) is 4.90 Å². The Morgan fingerprint density at radius 2 is 1.76 bits per heavy atom. The number of likely N-dealkylation sites (tertiary alicyclic amines) is 2. The van der Waals surface area contributed by atoms with Crippen molar-refractivity contribution in [3.05, 3.63) is 57.6 Å². The van der Waals surface area contributed by atoms with Gasteiger partial charge in [-0.15, -0.1) is 8.78 Å². The van der Waals surface area contributed by atoms with Crippen LogP contribution in [0.15, 0.2) is 36.4 Å². The number of carbonyl (C=O) groups is 1. The molecule has 3 aliphatic heterocycles. The van der Waals surface area contributed by atoms with Gasteiger partial charge in [0.2, 0.25) is 0 Å². The van der Waals surface area contributed by atoms with Gasteiger partial charge in [-0.2, -0.15) is 0 Å². The summed E-state index contributed by atoms with van der Waals surface area (Å²) in [6.07, 6.45) is -0.575. The number of amides is 2. The number of fused-ring (bicyclic) bond motifs is 1. The Hall–Kier alpha value is -2.29. The Bertz CT molecular complexity index is 1100. The number of carbonyl (C=O) groups excluding carboxylic acids is 1. The molecular weight excluding hydrogens is 487 g/mol. The summed E-state index contributed by atoms with van der Waals surface area (Å²) in [5.74, 6) is -0.0357. The highest BCUT2D eigenvalue weighted by molar-refractivity contribution is 6.42. The second kappa shape index (κ2) is 9.06. The number of nitrogens with one attached hydrogen (secondary N) is 1. The lowest BCUT2D eigenvalue weighted by atomic mass is 9.79. The van der Waals surface area contributed by atoms with E-state index in [2.05, 4.69) is 19.7 Å². The Kier molecular flexibility index (Phi) is 6.25. The molecule has 1 atom stereocenters. The first-order valence-electron chi connectivity index (χ1n) is 11.3. The van der Waals surface area contributed by atoms with Crippen molar-refractivity contribution < 1.29 is 23.0 Å². The molecule has 1 N–H and O–H groups in total. The number of piperidine rings is 1. The van der Waals surface area contributed by atoms with E-state index in [1.165, 1.54) is 12.1 Å². The molecule has 6 nitrogen and oxygen atoms in total. The van der Waals surface area contributed by atoms with E-state index in [4.69, 9.17) is 23.2 Å². The number of benzene rings is 2. The van der Waals surface area contributed by atoms with Gasteiger partial charge in [0.15, 0.2) is 11.5 Å². The van der Waals surface area contributed by atoms with Crippen molar-refractivity contribution in [1.82, 2.24) is 15.1 Å². The third-order valence-corrected chi connectivity index (χ3v) is 7.50. The van der Waals surface area contributed by atoms with E-state index in [0.29, 0.717) is 28.7 Å². The lowest BCUT2D eigenvalue weighted by molar-refractivity contribution is -0.286. The zero-order valence-corrected chi connectivity index (χ0v) is 20.0. The molecule has 1 unspecified atom stereocenters. The first kappa shape index (κ1) is 23.5. The van der Waals surface area contributed by atoms with E-state index in [9.17, 15) is 13.6 Å². The molecule has 3 aliphatic rings. The molecule has 2 amide bonds. The lowest BCUT2D eigenvalue weighted by Crippen LogP contribution is -2.50. The van der Waals surface area contributed by atoms with Crippen LogP contribution in [0.4, 0.5) is 13.6 Å². The summed E-state index contributed by atoms with van der Waals surface area (Å²) in [5, 5.41) is 4.02. The second-order valence-corrected chi connectivity index (χ2v) is 10.2. The SMILES string of the molecule is O=C(NCc1ccc2c(c1)OC(F)(F)O2)N1CCCC2(CCN(Cc3ccc(Cl)c(Cl)c3)C2)C1. The van der Waals surface area contributed by atoms with Gasteiger partial charge in [-0.1, -0.05) is 35.3 Å². The van der Waals surface area contributed by atoms with Crippen molar-refractivity contribution in [1.29, 1.82) is 0 Å². The van der Waals surface area contributed by atoms with Gasteiger partial charge in [0, 0.05) is 38.1 Å². The monoisotopic (exact) mass is 511 g/mol. The van der Waals surface area contributed by atoms with Crippen molar-refractivity contribution in [3.8, 4) is 11.5 Å². The fraction of sp³-hybridized carbons (Fsp3) is 0.458. The Balaban J connectivity index is 1.15. The molecule has 1 spiro atoms. The van der Waals surface area contributed by atoms with Gasteiger partial charge in [-0.05, 0) is 61.2 Å². The molecule has 2 aromatic carbocycles. The minimum atomic E-state index is -3.65. The predicted octanol–water partition coefficient (Wildman–Crippen LogP) is 5.51. The third-order valence-electron chi connectivity index (χ3n) is 6.77. The normalized spacial score (nSPS) is 23.5. The molecule has 0 aliphatic carbocycles. The van der Waals surface area contributed by atoms with Crippen LogP contribution in [0.2, 0.25) is 10.0 Å². The van der Waals surface area contributed by atoms with E-state index in [1.807, 2.05) is 23.1 Å². The first-order valence-corrected chi connectivity index (χ1v) is 12.0. The van der Waals surface area contributed by atoms with Crippen LogP contribution >= 0.6 is 23.2 Å². The van der Waals surface area contributed by atoms with Crippen molar-refractivity contribution in [2.24, 2.45) is 5.41 Å². The Morgan fingerprint density at radius 3 is 2.59 bits per heavy atom. The van der Waals surface area contributed by atoms with Crippen LogP contribution in [0.1, 0.15) is 30.4 Å². The smallest absolute Gasteiger partial charge is 0.395 e. The van der Waals surface area contributed by atoms with Gasteiger partial charge < -0.3 is 19.7 Å². The zero-order chi connectivity index (χ0) is 23.9. The number of alkyl halides is 2. The van der Waals surface area contributed by atoms with Crippen LogP contribution in [-0.2, 0) is 13.1 Å². The van der Waals surface area contributed by atoms with Crippen molar-refractivity contribution in [3.63, 3.8) is 0 Å². The predicted molar refractivity (Wildman–Crippen MR) is 124 cm³/mol. The fourth-order valence-corrected chi connectivity index (χ4v) is 5.49. The second-order valence-electron chi connectivity index (χ2n) is 9.34. The van der Waals surface area contributed by atoms with Crippen molar-refractivity contribution >= 4 is 29.2 Å². The van der Waals surface area contributed by atoms with Crippen LogP contribution in [-0.4, -0.2) is 48.3 Å². The summed E-state index contributed by atoms with van der Waals surface area (Å²) < 4.78 is 35.3. The number of urea groups is 1. The van der Waals surface area contributed by atoms with Gasteiger partial charge in [0.1, 0.15) is 0 Å². The molecular formula is C24H25Cl2F2N3O3. The summed E-state index contributed by atoms with van der Waals surface area (Å²) in [4.78, 5) is 17.2. The van der Waals surface area contributed by atoms with Crippen LogP contribution in [0.25, 0.3) is 0 Å². The number of halogens is 4. The lowest BCUT2D eigenvalue weighted by Gasteiger charge is -2.40. The molecule has 0 bridgehead atoms. The minimum Gasteiger partial charge on any atom is -0.395 e. The molecule has 34 heavy (non-hydrogen) atoms. The summed E-state index contributed by atoms with van der Waals surface area (Å²) in [5.41, 5.74) is 1.86. The fourth-order valence-electron chi connectivity index (χ4n) is 5.17. The average Bonchev–Trinajstić information content (AvgIpc) is 3.32. The Labute approximate surface area is 206 Å². The van der Waals surface area contributed by atoms with Crippen LogP contribution < -0.4 is 14.8 Å². The highest BCUT2D eigenvalue weighted by Crippen LogP contribution is 2.42. The minimum absolute atomic E-state index is 0.00953. The van der Waals surface area contributed by atoms with Crippen molar-refractivity contribution in [2.75, 3.05) is 26.2 Å². The number of rotatable bonds is 4. The summed E-state index contributed by atoms with van der Waals surface area (Å²) >= 11 is 12.2. The molecule has 2 aromatic rings. The number of hydrogen-bond donors (Lipinski definition) is 1. The van der Waals surface area contributed by atoms with Crippen LogP contribution in [0.5, 0.6) is 11.5 Å². The summed E-state index contributed by atoms with van der Waals surface area (Å²) in [6, 6.07) is 10.1. The van der Waals surface area contributed by atoms with E-state index < -0.39 is 6.29 Å². The molecule has 10 heteroatoms. The maximum absolute atomic E-state index is 13.2. The maximum atomic E-state index is 13.2. The van der Waals surface area contributed by atoms with E-state index >= 15 is 0 Å². The van der Waals surface area contributed by atoms with Crippen molar-refractivity contribution in [2.45, 2.75) is 38.6 Å². The molecule has 3 heterocycles. The largest absolute Gasteiger partial charge is 0.586 e. The molecule has 0 radical (unpaired) electrons. The number of ether oxygens (including phenoxy) is 2. The quantitative estimate of drug-likeness (QED) is 0.587. The average molecular weight is 512 g/mol. The van der Waals surface area contributed by atoms with Gasteiger partial charge in [0.05, 0.1) is 10.0 Å². The van der Waals surface area contributed by atoms with E-state index in [1.54, 1.807) is 6.07 Å². The molecule has 5 rings (SSSR count). The van der Waals surface area contributed by atoms with Crippen LogP contribution in [0, 0.1) is 5.41 Å². The highest BCUT2D eigenvalue weighted by atomic mass is 35.5. The number of hydrogen-bond acceptors (Lipinski definition) is 4. The molecule has 0 saturated carbocycles. The Morgan fingerprint density at radius 1 is 0.971 bits per heavy atom. The standard InChI is InChI=1S/C24H25Cl2F2N3O3/c25-18-4-2-17(10-19(18)26)13-30-9-7-23(14-30)6-1-8-31(15-23)22(32)29-12-16-3-5-20-21(11-16)34-24(27,28)33-20/h2-5,10-11H,1,6-9,12-15H2,(H,29,32). The molecule has 0 aromatic heterocycles. The maximum Gasteiger partial charge on any atom is 0.586 e. The summed E-state index contributed by atoms with van der Waals surface area (Å²) in [7, 11) is 0. The van der Waals surface area contributed by atoms with Crippen LogP contribution in [0.3, 0.4) is 0 Å². The van der Waals surface area contributed by atoms with Gasteiger partial charge >= 0.3 is 12.3 Å². The van der Waals surface area contributed by atoms with E-state index in [0.717, 1.165) is 44.5 Å². The van der Waals surface area contributed by atoms with Gasteiger partial charge in [0.25, 0.3) is 0 Å². The zero-order valence-electron chi connectivity index (χ0n) is 18.5. The first-order chi connectivity index (χ1) is 16.2. The molecule has 182 valence electrons. The highest BCUT2D eigenvalue weighted by Gasteiger charge is 2.44.